The average molecular weight is 277 g/mol. The van der Waals surface area contributed by atoms with Gasteiger partial charge in [0.05, 0.1) is 6.10 Å². The van der Waals surface area contributed by atoms with Crippen LogP contribution in [0.25, 0.3) is 0 Å². The highest BCUT2D eigenvalue weighted by atomic mass is 16.5. The molecule has 2 atom stereocenters. The molecule has 20 heavy (non-hydrogen) atoms. The van der Waals surface area contributed by atoms with Crippen molar-refractivity contribution >= 4 is 0 Å². The number of nitrogens with zero attached hydrogens (tertiary/aromatic N) is 3. The normalized spacial score (nSPS) is 28.1. The van der Waals surface area contributed by atoms with Gasteiger partial charge in [0.15, 0.2) is 0 Å². The zero-order valence-electron chi connectivity index (χ0n) is 12.6. The Balaban J connectivity index is 1.53. The number of aromatic nitrogens is 2. The number of rotatable bonds is 5. The third-order valence-electron chi connectivity index (χ3n) is 4.83. The number of hydrogen-bond acceptors (Lipinski definition) is 3. The van der Waals surface area contributed by atoms with Gasteiger partial charge in [-0.25, -0.2) is 4.98 Å². The molecule has 2 saturated heterocycles. The van der Waals surface area contributed by atoms with Gasteiger partial charge in [0.25, 0.3) is 0 Å². The minimum Gasteiger partial charge on any atom is -0.377 e. The molecule has 2 unspecified atom stereocenters. The number of likely N-dealkylation sites (tertiary alicyclic amines) is 1. The predicted octanol–water partition coefficient (Wildman–Crippen LogP) is 2.39. The highest BCUT2D eigenvalue weighted by molar-refractivity contribution is 4.93. The van der Waals surface area contributed by atoms with Crippen molar-refractivity contribution in [1.29, 1.82) is 0 Å². The molecule has 1 aromatic rings. The number of hydrogen-bond donors (Lipinski definition) is 0. The van der Waals surface area contributed by atoms with Gasteiger partial charge in [-0.1, -0.05) is 6.42 Å². The quantitative estimate of drug-likeness (QED) is 0.828. The lowest BCUT2D eigenvalue weighted by atomic mass is 9.97. The van der Waals surface area contributed by atoms with Gasteiger partial charge < -0.3 is 9.30 Å². The Kier molecular flexibility index (Phi) is 4.73. The summed E-state index contributed by atoms with van der Waals surface area (Å²) in [5.74, 6) is 1.22. The van der Waals surface area contributed by atoms with E-state index in [1.165, 1.54) is 50.9 Å². The fourth-order valence-electron chi connectivity index (χ4n) is 3.61. The van der Waals surface area contributed by atoms with E-state index >= 15 is 0 Å². The van der Waals surface area contributed by atoms with Crippen molar-refractivity contribution in [1.82, 2.24) is 14.5 Å². The summed E-state index contributed by atoms with van der Waals surface area (Å²) in [6.07, 6.45) is 13.3. The molecule has 0 bridgehead atoms. The third-order valence-corrected chi connectivity index (χ3v) is 4.83. The van der Waals surface area contributed by atoms with E-state index in [9.17, 15) is 0 Å². The third kappa shape index (κ3) is 3.41. The minimum absolute atomic E-state index is 0.490. The number of aryl methyl sites for hydroxylation is 2. The second kappa shape index (κ2) is 6.72. The van der Waals surface area contributed by atoms with E-state index in [0.717, 1.165) is 25.6 Å². The highest BCUT2D eigenvalue weighted by Crippen LogP contribution is 2.23. The topological polar surface area (TPSA) is 30.3 Å². The highest BCUT2D eigenvalue weighted by Gasteiger charge is 2.26. The van der Waals surface area contributed by atoms with Gasteiger partial charge in [-0.15, -0.1) is 0 Å². The lowest BCUT2D eigenvalue weighted by Crippen LogP contribution is -2.43. The second-order valence-corrected chi connectivity index (χ2v) is 6.27. The van der Waals surface area contributed by atoms with Gasteiger partial charge in [-0.2, -0.15) is 0 Å². The molecule has 112 valence electrons. The van der Waals surface area contributed by atoms with Crippen LogP contribution in [0, 0.1) is 0 Å². The van der Waals surface area contributed by atoms with E-state index in [1.807, 2.05) is 12.4 Å². The molecular formula is C16H27N3O. The number of piperidine rings is 1. The van der Waals surface area contributed by atoms with Crippen molar-refractivity contribution in [2.75, 3.05) is 19.7 Å². The summed E-state index contributed by atoms with van der Waals surface area (Å²) in [4.78, 5) is 7.13. The van der Waals surface area contributed by atoms with Gasteiger partial charge >= 0.3 is 0 Å². The van der Waals surface area contributed by atoms with Gasteiger partial charge in [-0.3, -0.25) is 4.90 Å². The fraction of sp³-hybridized carbons (Fsp3) is 0.812. The SMILES string of the molecule is Cn1ccnc1CCC1CCCCN1CC1CCCO1. The Morgan fingerprint density at radius 1 is 1.30 bits per heavy atom. The molecule has 0 aromatic carbocycles. The molecule has 4 heteroatoms. The molecule has 0 saturated carbocycles. The monoisotopic (exact) mass is 277 g/mol. The molecule has 2 fully saturated rings. The van der Waals surface area contributed by atoms with E-state index in [2.05, 4.69) is 21.5 Å². The second-order valence-electron chi connectivity index (χ2n) is 6.27. The Morgan fingerprint density at radius 2 is 2.25 bits per heavy atom. The van der Waals surface area contributed by atoms with Crippen molar-refractivity contribution in [2.45, 2.75) is 57.1 Å². The van der Waals surface area contributed by atoms with Crippen LogP contribution in [0.3, 0.4) is 0 Å². The van der Waals surface area contributed by atoms with Crippen LogP contribution in [0.4, 0.5) is 0 Å². The molecule has 1 aromatic heterocycles. The van der Waals surface area contributed by atoms with Gasteiger partial charge in [-0.05, 0) is 38.6 Å². The van der Waals surface area contributed by atoms with E-state index in [4.69, 9.17) is 4.74 Å². The van der Waals surface area contributed by atoms with Crippen molar-refractivity contribution < 1.29 is 4.74 Å². The minimum atomic E-state index is 0.490. The molecule has 2 aliphatic heterocycles. The predicted molar refractivity (Wildman–Crippen MR) is 79.7 cm³/mol. The molecule has 4 nitrogen and oxygen atoms in total. The summed E-state index contributed by atoms with van der Waals surface area (Å²) in [7, 11) is 2.09. The van der Waals surface area contributed by atoms with Crippen LogP contribution in [0.1, 0.15) is 44.3 Å². The van der Waals surface area contributed by atoms with Crippen LogP contribution in [-0.4, -0.2) is 46.3 Å². The van der Waals surface area contributed by atoms with Gasteiger partial charge in [0.1, 0.15) is 5.82 Å². The Bertz CT molecular complexity index is 412. The van der Waals surface area contributed by atoms with Crippen LogP contribution >= 0.6 is 0 Å². The Morgan fingerprint density at radius 3 is 3.00 bits per heavy atom. The number of ether oxygens (including phenoxy) is 1. The standard InChI is InChI=1S/C16H27N3O/c1-18-11-9-17-16(18)8-7-14-5-2-3-10-19(14)13-15-6-4-12-20-15/h9,11,14-15H,2-8,10,12-13H2,1H3. The molecule has 0 spiro atoms. The first kappa shape index (κ1) is 14.1. The zero-order chi connectivity index (χ0) is 13.8. The van der Waals surface area contributed by atoms with Crippen LogP contribution < -0.4 is 0 Å². The number of imidazole rings is 1. The van der Waals surface area contributed by atoms with E-state index in [0.29, 0.717) is 6.10 Å². The molecule has 3 heterocycles. The maximum Gasteiger partial charge on any atom is 0.108 e. The first-order chi connectivity index (χ1) is 9.83. The Hall–Kier alpha value is -0.870. The van der Waals surface area contributed by atoms with E-state index < -0.39 is 0 Å². The fourth-order valence-corrected chi connectivity index (χ4v) is 3.61. The van der Waals surface area contributed by atoms with Crippen LogP contribution in [-0.2, 0) is 18.2 Å². The molecule has 0 N–H and O–H groups in total. The van der Waals surface area contributed by atoms with E-state index in [1.54, 1.807) is 0 Å². The molecule has 0 aliphatic carbocycles. The van der Waals surface area contributed by atoms with Crippen LogP contribution in [0.5, 0.6) is 0 Å². The smallest absolute Gasteiger partial charge is 0.108 e. The first-order valence-corrected chi connectivity index (χ1v) is 8.15. The van der Waals surface area contributed by atoms with Crippen molar-refractivity contribution in [3.05, 3.63) is 18.2 Å². The molecule has 2 aliphatic rings. The maximum absolute atomic E-state index is 5.82. The molecule has 0 radical (unpaired) electrons. The summed E-state index contributed by atoms with van der Waals surface area (Å²) >= 11 is 0. The summed E-state index contributed by atoms with van der Waals surface area (Å²) in [6.45, 7) is 3.37. The molecular weight excluding hydrogens is 250 g/mol. The first-order valence-electron chi connectivity index (χ1n) is 8.15. The van der Waals surface area contributed by atoms with Crippen LogP contribution in [0.15, 0.2) is 12.4 Å². The Labute approximate surface area is 122 Å². The lowest BCUT2D eigenvalue weighted by molar-refractivity contribution is 0.0421. The van der Waals surface area contributed by atoms with E-state index in [-0.39, 0.29) is 0 Å². The largest absolute Gasteiger partial charge is 0.377 e. The average Bonchev–Trinajstić information content (AvgIpc) is 3.10. The van der Waals surface area contributed by atoms with Crippen molar-refractivity contribution in [2.24, 2.45) is 7.05 Å². The van der Waals surface area contributed by atoms with Gasteiger partial charge in [0.2, 0.25) is 0 Å². The summed E-state index contributed by atoms with van der Waals surface area (Å²) in [5, 5.41) is 0. The van der Waals surface area contributed by atoms with Crippen molar-refractivity contribution in [3.63, 3.8) is 0 Å². The van der Waals surface area contributed by atoms with Gasteiger partial charge in [0, 0.05) is 45.1 Å². The molecule has 0 amide bonds. The summed E-state index contributed by atoms with van der Waals surface area (Å²) in [6, 6.07) is 0.727. The maximum atomic E-state index is 5.82. The lowest BCUT2D eigenvalue weighted by Gasteiger charge is -2.37. The van der Waals surface area contributed by atoms with Crippen molar-refractivity contribution in [3.8, 4) is 0 Å². The molecule has 3 rings (SSSR count). The summed E-state index contributed by atoms with van der Waals surface area (Å²) < 4.78 is 7.96. The summed E-state index contributed by atoms with van der Waals surface area (Å²) in [5.41, 5.74) is 0. The zero-order valence-corrected chi connectivity index (χ0v) is 12.6. The van der Waals surface area contributed by atoms with Crippen LogP contribution in [0.2, 0.25) is 0 Å².